The van der Waals surface area contributed by atoms with Gasteiger partial charge < -0.3 is 5.73 Å². The average Bonchev–Trinajstić information content (AvgIpc) is 2.12. The lowest BCUT2D eigenvalue weighted by atomic mass is 10.4. The van der Waals surface area contributed by atoms with E-state index < -0.39 is 0 Å². The summed E-state index contributed by atoms with van der Waals surface area (Å²) < 4.78 is 0. The Kier molecular flexibility index (Phi) is 5.58. The molecule has 0 aliphatic rings. The van der Waals surface area contributed by atoms with Crippen LogP contribution in [0.25, 0.3) is 0 Å². The van der Waals surface area contributed by atoms with E-state index in [1.807, 2.05) is 19.9 Å². The Balaban J connectivity index is 0.00000196. The molecule has 1 amide bonds. The van der Waals surface area contributed by atoms with Crippen LogP contribution in [0.1, 0.15) is 11.4 Å². The minimum atomic E-state index is -0.312. The molecule has 1 aromatic heterocycles. The van der Waals surface area contributed by atoms with E-state index in [0.717, 1.165) is 11.4 Å². The summed E-state index contributed by atoms with van der Waals surface area (Å²) >= 11 is 0. The minimum absolute atomic E-state index is 0. The summed E-state index contributed by atoms with van der Waals surface area (Å²) in [5, 5.41) is 0. The summed E-state index contributed by atoms with van der Waals surface area (Å²) in [5.74, 6) is 0.0528. The highest BCUT2D eigenvalue weighted by Crippen LogP contribution is 2.01. The number of carbonyl (C=O) groups excluding carboxylic acids is 1. The van der Waals surface area contributed by atoms with Gasteiger partial charge in [-0.3, -0.25) is 15.6 Å². The molecule has 7 heteroatoms. The van der Waals surface area contributed by atoms with Crippen molar-refractivity contribution in [3.05, 3.63) is 17.5 Å². The molecule has 0 aliphatic carbocycles. The highest BCUT2D eigenvalue weighted by Gasteiger charge is 2.00. The van der Waals surface area contributed by atoms with Crippen LogP contribution in [0.15, 0.2) is 6.07 Å². The molecule has 0 unspecified atom stereocenters. The number of nitrogens with zero attached hydrogens (tertiary/aromatic N) is 2. The highest BCUT2D eigenvalue weighted by atomic mass is 35.5. The van der Waals surface area contributed by atoms with Crippen LogP contribution >= 0.6 is 12.4 Å². The van der Waals surface area contributed by atoms with E-state index in [1.54, 1.807) is 0 Å². The number of nitrogens with one attached hydrogen (secondary N) is 2. The maximum atomic E-state index is 10.8. The fourth-order valence-corrected chi connectivity index (χ4v) is 0.958. The van der Waals surface area contributed by atoms with Crippen LogP contribution < -0.4 is 16.6 Å². The zero-order valence-electron chi connectivity index (χ0n) is 8.57. The first-order chi connectivity index (χ1) is 6.61. The Bertz CT molecular complexity index is 324. The van der Waals surface area contributed by atoms with Gasteiger partial charge in [0.25, 0.3) is 5.91 Å². The summed E-state index contributed by atoms with van der Waals surface area (Å²) in [4.78, 5) is 18.9. The molecule has 1 rings (SSSR count). The van der Waals surface area contributed by atoms with Gasteiger partial charge in [-0.15, -0.1) is 12.4 Å². The van der Waals surface area contributed by atoms with E-state index in [-0.39, 0.29) is 24.9 Å². The Hall–Kier alpha value is -1.40. The monoisotopic (exact) mass is 231 g/mol. The van der Waals surface area contributed by atoms with Crippen molar-refractivity contribution in [3.63, 3.8) is 0 Å². The van der Waals surface area contributed by atoms with Crippen LogP contribution in [0.3, 0.4) is 0 Å². The SMILES string of the molecule is Cc1cc(C)nc(NNC(=O)CN)n1.Cl. The first kappa shape index (κ1) is 13.6. The third kappa shape index (κ3) is 4.57. The molecule has 0 atom stereocenters. The van der Waals surface area contributed by atoms with Gasteiger partial charge in [-0.25, -0.2) is 9.97 Å². The van der Waals surface area contributed by atoms with Gasteiger partial charge in [0.05, 0.1) is 6.54 Å². The van der Waals surface area contributed by atoms with E-state index in [0.29, 0.717) is 5.95 Å². The predicted molar refractivity (Wildman–Crippen MR) is 59.6 cm³/mol. The normalized spacial score (nSPS) is 9.00. The predicted octanol–water partition coefficient (Wildman–Crippen LogP) is -0.0830. The number of hydrogen-bond acceptors (Lipinski definition) is 5. The van der Waals surface area contributed by atoms with Crippen molar-refractivity contribution >= 4 is 24.3 Å². The average molecular weight is 232 g/mol. The molecule has 84 valence electrons. The fraction of sp³-hybridized carbons (Fsp3) is 0.375. The molecule has 0 bridgehead atoms. The van der Waals surface area contributed by atoms with E-state index in [2.05, 4.69) is 20.8 Å². The molecule has 0 saturated carbocycles. The summed E-state index contributed by atoms with van der Waals surface area (Å²) in [6.45, 7) is 3.63. The highest BCUT2D eigenvalue weighted by molar-refractivity contribution is 5.85. The van der Waals surface area contributed by atoms with Crippen molar-refractivity contribution in [2.75, 3.05) is 12.0 Å². The molecule has 6 nitrogen and oxygen atoms in total. The lowest BCUT2D eigenvalue weighted by Gasteiger charge is -2.06. The van der Waals surface area contributed by atoms with Crippen molar-refractivity contribution in [1.29, 1.82) is 0 Å². The smallest absolute Gasteiger partial charge is 0.252 e. The third-order valence-electron chi connectivity index (χ3n) is 1.48. The molecule has 0 saturated heterocycles. The molecule has 0 aromatic carbocycles. The van der Waals surface area contributed by atoms with E-state index in [4.69, 9.17) is 5.73 Å². The number of anilines is 1. The second kappa shape index (κ2) is 6.15. The number of carbonyl (C=O) groups is 1. The van der Waals surface area contributed by atoms with Gasteiger partial charge in [0.15, 0.2) is 0 Å². The minimum Gasteiger partial charge on any atom is -0.322 e. The lowest BCUT2D eigenvalue weighted by Crippen LogP contribution is -2.35. The number of amides is 1. The topological polar surface area (TPSA) is 92.9 Å². The fourth-order valence-electron chi connectivity index (χ4n) is 0.958. The molecule has 0 radical (unpaired) electrons. The molecule has 0 aliphatic heterocycles. The molecule has 15 heavy (non-hydrogen) atoms. The van der Waals surface area contributed by atoms with Crippen LogP contribution in [0.2, 0.25) is 0 Å². The van der Waals surface area contributed by atoms with Crippen molar-refractivity contribution < 1.29 is 4.79 Å². The molecule has 0 fully saturated rings. The van der Waals surface area contributed by atoms with Gasteiger partial charge in [-0.1, -0.05) is 0 Å². The van der Waals surface area contributed by atoms with Crippen LogP contribution in [0.5, 0.6) is 0 Å². The van der Waals surface area contributed by atoms with Gasteiger partial charge in [-0.05, 0) is 19.9 Å². The van der Waals surface area contributed by atoms with E-state index >= 15 is 0 Å². The first-order valence-electron chi connectivity index (χ1n) is 4.19. The Morgan fingerprint density at radius 3 is 2.40 bits per heavy atom. The summed E-state index contributed by atoms with van der Waals surface area (Å²) in [6.07, 6.45) is 0. The zero-order chi connectivity index (χ0) is 10.6. The van der Waals surface area contributed by atoms with Crippen LogP contribution in [0.4, 0.5) is 5.95 Å². The molecule has 4 N–H and O–H groups in total. The summed E-state index contributed by atoms with van der Waals surface area (Å²) in [5.41, 5.74) is 11.7. The van der Waals surface area contributed by atoms with Crippen molar-refractivity contribution in [2.45, 2.75) is 13.8 Å². The zero-order valence-corrected chi connectivity index (χ0v) is 9.39. The second-order valence-electron chi connectivity index (χ2n) is 2.85. The maximum Gasteiger partial charge on any atom is 0.252 e. The Morgan fingerprint density at radius 2 is 1.93 bits per heavy atom. The van der Waals surface area contributed by atoms with Gasteiger partial charge in [-0.2, -0.15) is 0 Å². The quantitative estimate of drug-likeness (QED) is 0.633. The molecular weight excluding hydrogens is 218 g/mol. The van der Waals surface area contributed by atoms with Crippen molar-refractivity contribution in [2.24, 2.45) is 5.73 Å². The van der Waals surface area contributed by atoms with Gasteiger partial charge >= 0.3 is 0 Å². The van der Waals surface area contributed by atoms with Crippen LogP contribution in [0, 0.1) is 13.8 Å². The van der Waals surface area contributed by atoms with Crippen molar-refractivity contribution in [1.82, 2.24) is 15.4 Å². The van der Waals surface area contributed by atoms with Crippen molar-refractivity contribution in [3.8, 4) is 0 Å². The van der Waals surface area contributed by atoms with Crippen LogP contribution in [-0.2, 0) is 4.79 Å². The molecule has 0 spiro atoms. The second-order valence-corrected chi connectivity index (χ2v) is 2.85. The number of nitrogens with two attached hydrogens (primary N) is 1. The number of rotatable bonds is 3. The Morgan fingerprint density at radius 1 is 1.40 bits per heavy atom. The first-order valence-corrected chi connectivity index (χ1v) is 4.19. The number of aryl methyl sites for hydroxylation is 2. The van der Waals surface area contributed by atoms with Gasteiger partial charge in [0.2, 0.25) is 5.95 Å². The molecule has 1 aromatic rings. The number of halogens is 1. The van der Waals surface area contributed by atoms with E-state index in [1.165, 1.54) is 0 Å². The number of hydrazine groups is 1. The Labute approximate surface area is 94.1 Å². The molecule has 1 heterocycles. The summed E-state index contributed by atoms with van der Waals surface area (Å²) in [7, 11) is 0. The van der Waals surface area contributed by atoms with Gasteiger partial charge in [0, 0.05) is 11.4 Å². The largest absolute Gasteiger partial charge is 0.322 e. The van der Waals surface area contributed by atoms with Crippen LogP contribution in [-0.4, -0.2) is 22.4 Å². The van der Waals surface area contributed by atoms with E-state index in [9.17, 15) is 4.79 Å². The molecular formula is C8H14ClN5O. The maximum absolute atomic E-state index is 10.8. The third-order valence-corrected chi connectivity index (χ3v) is 1.48. The summed E-state index contributed by atoms with van der Waals surface area (Å²) in [6, 6.07) is 1.84. The lowest BCUT2D eigenvalue weighted by molar-refractivity contribution is -0.119. The standard InChI is InChI=1S/C8H13N5O.ClH/c1-5-3-6(2)11-8(10-5)13-12-7(14)4-9;/h3H,4,9H2,1-2H3,(H,12,14)(H,10,11,13);1H. The van der Waals surface area contributed by atoms with Gasteiger partial charge in [0.1, 0.15) is 0 Å². The number of aromatic nitrogens is 2. The number of hydrogen-bond donors (Lipinski definition) is 3.